The van der Waals surface area contributed by atoms with Crippen LogP contribution in [0.5, 0.6) is 5.75 Å². The van der Waals surface area contributed by atoms with E-state index in [4.69, 9.17) is 9.47 Å². The summed E-state index contributed by atoms with van der Waals surface area (Å²) in [7, 11) is 1.82. The topological polar surface area (TPSA) is 54.9 Å². The van der Waals surface area contributed by atoms with Gasteiger partial charge in [-0.15, -0.1) is 0 Å². The lowest BCUT2D eigenvalue weighted by atomic mass is 9.95. The number of nitrogens with zero attached hydrogens (tertiary/aromatic N) is 1. The third-order valence-electron chi connectivity index (χ3n) is 5.56. The minimum absolute atomic E-state index is 0.167. The Hall–Kier alpha value is -2.53. The summed E-state index contributed by atoms with van der Waals surface area (Å²) in [4.78, 5) is 4.37. The van der Waals surface area contributed by atoms with Crippen molar-refractivity contribution in [2.24, 2.45) is 10.9 Å². The maximum absolute atomic E-state index is 5.98. The predicted molar refractivity (Wildman–Crippen MR) is 112 cm³/mol. The van der Waals surface area contributed by atoms with E-state index in [2.05, 4.69) is 58.1 Å². The monoisotopic (exact) mass is 379 g/mol. The van der Waals surface area contributed by atoms with Gasteiger partial charge >= 0.3 is 0 Å². The lowest BCUT2D eigenvalue weighted by Crippen LogP contribution is -2.41. The van der Waals surface area contributed by atoms with Gasteiger partial charge in [0.15, 0.2) is 5.96 Å². The Labute approximate surface area is 167 Å². The lowest BCUT2D eigenvalue weighted by molar-refractivity contribution is 0.0915. The molecule has 1 fully saturated rings. The van der Waals surface area contributed by atoms with Gasteiger partial charge in [-0.1, -0.05) is 42.5 Å². The van der Waals surface area contributed by atoms with Gasteiger partial charge in [0.2, 0.25) is 0 Å². The van der Waals surface area contributed by atoms with Crippen LogP contribution in [0.1, 0.15) is 29.2 Å². The second-order valence-corrected chi connectivity index (χ2v) is 7.42. The quantitative estimate of drug-likeness (QED) is 0.598. The Morgan fingerprint density at radius 1 is 1.11 bits per heavy atom. The Kier molecular flexibility index (Phi) is 6.12. The molecule has 0 spiro atoms. The highest BCUT2D eigenvalue weighted by Crippen LogP contribution is 2.33. The molecule has 2 aliphatic heterocycles. The molecule has 5 nitrogen and oxygen atoms in total. The van der Waals surface area contributed by atoms with Crippen LogP contribution in [0.3, 0.4) is 0 Å². The van der Waals surface area contributed by atoms with E-state index in [1.54, 1.807) is 0 Å². The first-order valence-electron chi connectivity index (χ1n) is 10.2. The smallest absolute Gasteiger partial charge is 0.190 e. The Bertz CT molecular complexity index is 807. The van der Waals surface area contributed by atoms with Crippen LogP contribution >= 0.6 is 0 Å². The van der Waals surface area contributed by atoms with Crippen LogP contribution in [-0.2, 0) is 17.6 Å². The molecular weight excluding hydrogens is 350 g/mol. The largest absolute Gasteiger partial charge is 0.493 e. The average molecular weight is 380 g/mol. The van der Waals surface area contributed by atoms with Crippen molar-refractivity contribution in [2.75, 3.05) is 33.4 Å². The normalized spacial score (nSPS) is 21.2. The van der Waals surface area contributed by atoms with Crippen molar-refractivity contribution < 1.29 is 9.47 Å². The van der Waals surface area contributed by atoms with Crippen LogP contribution in [0.25, 0.3) is 0 Å². The van der Waals surface area contributed by atoms with Crippen molar-refractivity contribution in [1.82, 2.24) is 10.6 Å². The van der Waals surface area contributed by atoms with Gasteiger partial charge in [0, 0.05) is 39.1 Å². The molecule has 28 heavy (non-hydrogen) atoms. The number of guanidine groups is 1. The number of nitrogens with one attached hydrogen (secondary N) is 2. The standard InChI is InChI=1S/C23H29N3O2/c1-24-23(25-12-9-17-7-8-21-19(15-17)10-13-27-21)26-16-20-11-14-28-22(20)18-5-3-2-4-6-18/h2-8,15,20,22H,9-14,16H2,1H3,(H2,24,25,26). The maximum atomic E-state index is 5.98. The first kappa shape index (κ1) is 18.8. The van der Waals surface area contributed by atoms with Gasteiger partial charge in [-0.25, -0.2) is 0 Å². The number of fused-ring (bicyclic) bond motifs is 1. The molecule has 2 N–H and O–H groups in total. The molecule has 2 aromatic carbocycles. The Balaban J connectivity index is 1.25. The molecule has 0 amide bonds. The zero-order valence-electron chi connectivity index (χ0n) is 16.5. The van der Waals surface area contributed by atoms with E-state index in [9.17, 15) is 0 Å². The molecule has 0 saturated carbocycles. The number of hydrogen-bond donors (Lipinski definition) is 2. The van der Waals surface area contributed by atoms with Crippen molar-refractivity contribution in [3.8, 4) is 5.75 Å². The average Bonchev–Trinajstić information content (AvgIpc) is 3.40. The molecule has 2 unspecified atom stereocenters. The Morgan fingerprint density at radius 2 is 2.00 bits per heavy atom. The van der Waals surface area contributed by atoms with E-state index in [0.29, 0.717) is 5.92 Å². The van der Waals surface area contributed by atoms with Crippen molar-refractivity contribution in [2.45, 2.75) is 25.4 Å². The summed E-state index contributed by atoms with van der Waals surface area (Å²) in [6.07, 6.45) is 3.22. The zero-order valence-corrected chi connectivity index (χ0v) is 16.5. The molecule has 2 atom stereocenters. The van der Waals surface area contributed by atoms with Crippen LogP contribution in [0.4, 0.5) is 0 Å². The van der Waals surface area contributed by atoms with E-state index in [0.717, 1.165) is 57.3 Å². The molecule has 148 valence electrons. The number of benzene rings is 2. The zero-order chi connectivity index (χ0) is 19.2. The fourth-order valence-corrected chi connectivity index (χ4v) is 4.02. The molecular formula is C23H29N3O2. The SMILES string of the molecule is CN=C(NCCc1ccc2c(c1)CCO2)NCC1CCOC1c1ccccc1. The van der Waals surface area contributed by atoms with Gasteiger partial charge < -0.3 is 20.1 Å². The maximum Gasteiger partial charge on any atom is 0.190 e. The molecule has 0 bridgehead atoms. The molecule has 5 heteroatoms. The molecule has 2 aromatic rings. The summed E-state index contributed by atoms with van der Waals surface area (Å²) in [6, 6.07) is 17.0. The van der Waals surface area contributed by atoms with Gasteiger partial charge in [0.1, 0.15) is 5.75 Å². The summed E-state index contributed by atoms with van der Waals surface area (Å²) < 4.78 is 11.6. The predicted octanol–water partition coefficient (Wildman–Crippen LogP) is 3.11. The summed E-state index contributed by atoms with van der Waals surface area (Å²) in [5.74, 6) is 2.35. The van der Waals surface area contributed by atoms with Crippen molar-refractivity contribution >= 4 is 5.96 Å². The van der Waals surface area contributed by atoms with Crippen LogP contribution in [-0.4, -0.2) is 39.3 Å². The summed E-state index contributed by atoms with van der Waals surface area (Å²) in [5, 5.41) is 6.91. The Morgan fingerprint density at radius 3 is 2.86 bits per heavy atom. The number of ether oxygens (including phenoxy) is 2. The fourth-order valence-electron chi connectivity index (χ4n) is 4.02. The molecule has 2 heterocycles. The molecule has 1 saturated heterocycles. The minimum atomic E-state index is 0.167. The van der Waals surface area contributed by atoms with Crippen molar-refractivity contribution in [3.05, 3.63) is 65.2 Å². The molecule has 4 rings (SSSR count). The van der Waals surface area contributed by atoms with E-state index >= 15 is 0 Å². The molecule has 0 aliphatic carbocycles. The van der Waals surface area contributed by atoms with Gasteiger partial charge in [-0.05, 0) is 35.6 Å². The summed E-state index contributed by atoms with van der Waals surface area (Å²) >= 11 is 0. The fraction of sp³-hybridized carbons (Fsp3) is 0.435. The second kappa shape index (κ2) is 9.11. The van der Waals surface area contributed by atoms with E-state index in [1.165, 1.54) is 16.7 Å². The van der Waals surface area contributed by atoms with Crippen molar-refractivity contribution in [3.63, 3.8) is 0 Å². The van der Waals surface area contributed by atoms with E-state index in [1.807, 2.05) is 13.1 Å². The summed E-state index contributed by atoms with van der Waals surface area (Å²) in [5.41, 5.74) is 3.92. The van der Waals surface area contributed by atoms with Gasteiger partial charge in [-0.3, -0.25) is 4.99 Å². The number of aliphatic imine (C=N–C) groups is 1. The van der Waals surface area contributed by atoms with Crippen LogP contribution in [0.2, 0.25) is 0 Å². The highest BCUT2D eigenvalue weighted by molar-refractivity contribution is 5.79. The van der Waals surface area contributed by atoms with Gasteiger partial charge in [0.05, 0.1) is 12.7 Å². The van der Waals surface area contributed by atoms with Crippen LogP contribution in [0.15, 0.2) is 53.5 Å². The minimum Gasteiger partial charge on any atom is -0.493 e. The lowest BCUT2D eigenvalue weighted by Gasteiger charge is -2.21. The third kappa shape index (κ3) is 4.47. The second-order valence-electron chi connectivity index (χ2n) is 7.42. The third-order valence-corrected chi connectivity index (χ3v) is 5.56. The molecule has 2 aliphatic rings. The molecule has 0 radical (unpaired) electrons. The van der Waals surface area contributed by atoms with E-state index in [-0.39, 0.29) is 6.10 Å². The van der Waals surface area contributed by atoms with Crippen LogP contribution < -0.4 is 15.4 Å². The summed E-state index contributed by atoms with van der Waals surface area (Å²) in [6.45, 7) is 3.33. The molecule has 0 aromatic heterocycles. The van der Waals surface area contributed by atoms with Crippen LogP contribution in [0, 0.1) is 5.92 Å². The highest BCUT2D eigenvalue weighted by Gasteiger charge is 2.29. The van der Waals surface area contributed by atoms with Gasteiger partial charge in [-0.2, -0.15) is 0 Å². The number of rotatable bonds is 6. The number of hydrogen-bond acceptors (Lipinski definition) is 3. The van der Waals surface area contributed by atoms with Gasteiger partial charge in [0.25, 0.3) is 0 Å². The van der Waals surface area contributed by atoms with Crippen molar-refractivity contribution in [1.29, 1.82) is 0 Å². The first-order chi connectivity index (χ1) is 13.8. The van der Waals surface area contributed by atoms with E-state index < -0.39 is 0 Å². The highest BCUT2D eigenvalue weighted by atomic mass is 16.5. The first-order valence-corrected chi connectivity index (χ1v) is 10.2.